The number of hydrogen-bond donors (Lipinski definition) is 0. The van der Waals surface area contributed by atoms with Crippen molar-refractivity contribution in [1.29, 1.82) is 0 Å². The highest BCUT2D eigenvalue weighted by Crippen LogP contribution is 2.30. The van der Waals surface area contributed by atoms with E-state index in [1.54, 1.807) is 25.3 Å². The van der Waals surface area contributed by atoms with Crippen LogP contribution in [0.15, 0.2) is 28.8 Å². The molecule has 0 amide bonds. The second-order valence-corrected chi connectivity index (χ2v) is 3.55. The Balaban J connectivity index is 2.62. The molecule has 0 bridgehead atoms. The Bertz CT molecular complexity index is 546. The Morgan fingerprint density at radius 2 is 2.12 bits per heavy atom. The first kappa shape index (κ1) is 10.4. The first-order valence-electron chi connectivity index (χ1n) is 4.76. The van der Waals surface area contributed by atoms with Crippen molar-refractivity contribution >= 4 is 5.69 Å². The van der Waals surface area contributed by atoms with E-state index < -0.39 is 4.92 Å². The molecule has 0 unspecified atom stereocenters. The van der Waals surface area contributed by atoms with Crippen LogP contribution in [-0.4, -0.2) is 9.91 Å². The number of oxazole rings is 1. The van der Waals surface area contributed by atoms with Gasteiger partial charge in [-0.3, -0.25) is 10.1 Å². The number of benzene rings is 1. The van der Waals surface area contributed by atoms with Gasteiger partial charge in [0.1, 0.15) is 11.3 Å². The zero-order chi connectivity index (χ0) is 11.7. The molecule has 0 aliphatic rings. The van der Waals surface area contributed by atoms with E-state index in [9.17, 15) is 10.1 Å². The summed E-state index contributed by atoms with van der Waals surface area (Å²) in [6, 6.07) is 4.85. The molecule has 16 heavy (non-hydrogen) atoms. The van der Waals surface area contributed by atoms with Gasteiger partial charge in [-0.25, -0.2) is 4.98 Å². The number of aryl methyl sites for hydroxylation is 2. The van der Waals surface area contributed by atoms with Crippen molar-refractivity contribution in [3.63, 3.8) is 0 Å². The fourth-order valence-corrected chi connectivity index (χ4v) is 1.46. The highest BCUT2D eigenvalue weighted by molar-refractivity contribution is 5.67. The van der Waals surface area contributed by atoms with Crippen LogP contribution in [0.4, 0.5) is 5.69 Å². The molecule has 0 saturated carbocycles. The van der Waals surface area contributed by atoms with Gasteiger partial charge in [0.25, 0.3) is 5.69 Å². The molecule has 1 aromatic carbocycles. The molecule has 0 atom stereocenters. The zero-order valence-corrected chi connectivity index (χ0v) is 8.93. The number of rotatable bonds is 2. The summed E-state index contributed by atoms with van der Waals surface area (Å²) >= 11 is 0. The molecule has 0 radical (unpaired) electrons. The molecule has 0 saturated heterocycles. The number of aromatic nitrogens is 1. The predicted octanol–water partition coefficient (Wildman–Crippen LogP) is 2.87. The van der Waals surface area contributed by atoms with Gasteiger partial charge in [0.15, 0.2) is 0 Å². The van der Waals surface area contributed by atoms with Crippen LogP contribution in [0.2, 0.25) is 0 Å². The van der Waals surface area contributed by atoms with Crippen LogP contribution < -0.4 is 0 Å². The van der Waals surface area contributed by atoms with Gasteiger partial charge in [-0.2, -0.15) is 0 Å². The van der Waals surface area contributed by atoms with Crippen LogP contribution in [0, 0.1) is 24.0 Å². The van der Waals surface area contributed by atoms with Crippen LogP contribution in [0.5, 0.6) is 0 Å². The third-order valence-electron chi connectivity index (χ3n) is 2.20. The molecular weight excluding hydrogens is 208 g/mol. The fraction of sp³-hybridized carbons (Fsp3) is 0.182. The van der Waals surface area contributed by atoms with Crippen molar-refractivity contribution < 1.29 is 9.34 Å². The quantitative estimate of drug-likeness (QED) is 0.574. The van der Waals surface area contributed by atoms with E-state index in [2.05, 4.69) is 4.98 Å². The van der Waals surface area contributed by atoms with E-state index in [4.69, 9.17) is 4.42 Å². The monoisotopic (exact) mass is 218 g/mol. The standard InChI is InChI=1S/C11H10N2O3/c1-7-3-4-10(13(14)15)9(5-7)11-12-6-8(2)16-11/h3-6H,1-2H3. The Kier molecular flexibility index (Phi) is 2.44. The average molecular weight is 218 g/mol. The van der Waals surface area contributed by atoms with Crippen molar-refractivity contribution in [3.8, 4) is 11.5 Å². The smallest absolute Gasteiger partial charge is 0.282 e. The van der Waals surface area contributed by atoms with Gasteiger partial charge < -0.3 is 4.42 Å². The summed E-state index contributed by atoms with van der Waals surface area (Å²) in [6.45, 7) is 3.61. The average Bonchev–Trinajstić information content (AvgIpc) is 2.64. The normalized spacial score (nSPS) is 10.4. The topological polar surface area (TPSA) is 69.2 Å². The minimum atomic E-state index is -0.436. The highest BCUT2D eigenvalue weighted by Gasteiger charge is 2.18. The SMILES string of the molecule is Cc1ccc([N+](=O)[O-])c(-c2ncc(C)o2)c1. The summed E-state index contributed by atoms with van der Waals surface area (Å²) in [7, 11) is 0. The van der Waals surface area contributed by atoms with Gasteiger partial charge in [-0.15, -0.1) is 0 Å². The van der Waals surface area contributed by atoms with Gasteiger partial charge in [-0.1, -0.05) is 6.07 Å². The summed E-state index contributed by atoms with van der Waals surface area (Å²) in [4.78, 5) is 14.4. The first-order chi connectivity index (χ1) is 7.58. The third-order valence-corrected chi connectivity index (χ3v) is 2.20. The molecule has 0 fully saturated rings. The zero-order valence-electron chi connectivity index (χ0n) is 8.93. The van der Waals surface area contributed by atoms with E-state index in [1.165, 1.54) is 6.07 Å². The number of nitro benzene ring substituents is 1. The van der Waals surface area contributed by atoms with E-state index in [-0.39, 0.29) is 11.6 Å². The van der Waals surface area contributed by atoms with Crippen molar-refractivity contribution in [2.24, 2.45) is 0 Å². The fourth-order valence-electron chi connectivity index (χ4n) is 1.46. The van der Waals surface area contributed by atoms with Crippen molar-refractivity contribution in [2.45, 2.75) is 13.8 Å². The third kappa shape index (κ3) is 1.79. The minimum Gasteiger partial charge on any atom is -0.441 e. The van der Waals surface area contributed by atoms with Crippen LogP contribution in [0.3, 0.4) is 0 Å². The molecule has 2 aromatic rings. The second-order valence-electron chi connectivity index (χ2n) is 3.55. The molecule has 2 rings (SSSR count). The summed E-state index contributed by atoms with van der Waals surface area (Å²) in [5, 5.41) is 10.8. The second kappa shape index (κ2) is 3.77. The lowest BCUT2D eigenvalue weighted by Gasteiger charge is -1.99. The van der Waals surface area contributed by atoms with Crippen molar-refractivity contribution in [1.82, 2.24) is 4.98 Å². The van der Waals surface area contributed by atoms with Crippen molar-refractivity contribution in [2.75, 3.05) is 0 Å². The molecule has 1 aromatic heterocycles. The predicted molar refractivity (Wildman–Crippen MR) is 58.1 cm³/mol. The lowest BCUT2D eigenvalue weighted by molar-refractivity contribution is -0.384. The molecule has 82 valence electrons. The Morgan fingerprint density at radius 1 is 1.38 bits per heavy atom. The largest absolute Gasteiger partial charge is 0.441 e. The van der Waals surface area contributed by atoms with Crippen LogP contribution in [0.1, 0.15) is 11.3 Å². The van der Waals surface area contributed by atoms with Gasteiger partial charge in [0.2, 0.25) is 5.89 Å². The lowest BCUT2D eigenvalue weighted by atomic mass is 10.1. The summed E-state index contributed by atoms with van der Waals surface area (Å²) in [5.41, 5.74) is 1.35. The minimum absolute atomic E-state index is 0.00690. The van der Waals surface area contributed by atoms with Crippen LogP contribution in [-0.2, 0) is 0 Å². The molecule has 0 aliphatic carbocycles. The molecule has 1 heterocycles. The van der Waals surface area contributed by atoms with Gasteiger partial charge in [-0.05, 0) is 25.5 Å². The summed E-state index contributed by atoms with van der Waals surface area (Å²) in [5.74, 6) is 0.915. The molecule has 0 aliphatic heterocycles. The summed E-state index contributed by atoms with van der Waals surface area (Å²) in [6.07, 6.45) is 1.54. The first-order valence-corrected chi connectivity index (χ1v) is 4.76. The van der Waals surface area contributed by atoms with Gasteiger partial charge in [0, 0.05) is 6.07 Å². The van der Waals surface area contributed by atoms with E-state index >= 15 is 0 Å². The highest BCUT2D eigenvalue weighted by atomic mass is 16.6. The summed E-state index contributed by atoms with van der Waals surface area (Å²) < 4.78 is 5.30. The molecule has 0 N–H and O–H groups in total. The van der Waals surface area contributed by atoms with E-state index in [0.29, 0.717) is 11.3 Å². The van der Waals surface area contributed by atoms with Gasteiger partial charge >= 0.3 is 0 Å². The lowest BCUT2D eigenvalue weighted by Crippen LogP contribution is -1.92. The molecular formula is C11H10N2O3. The number of hydrogen-bond acceptors (Lipinski definition) is 4. The Labute approximate surface area is 91.9 Å². The number of nitrogens with zero attached hydrogens (tertiary/aromatic N) is 2. The van der Waals surface area contributed by atoms with E-state index in [0.717, 1.165) is 5.56 Å². The maximum absolute atomic E-state index is 10.8. The van der Waals surface area contributed by atoms with E-state index in [1.807, 2.05) is 6.92 Å². The Morgan fingerprint density at radius 3 is 2.69 bits per heavy atom. The Hall–Kier alpha value is -2.17. The van der Waals surface area contributed by atoms with Crippen LogP contribution in [0.25, 0.3) is 11.5 Å². The maximum Gasteiger partial charge on any atom is 0.282 e. The molecule has 0 spiro atoms. The maximum atomic E-state index is 10.8. The molecule has 5 heteroatoms. The van der Waals surface area contributed by atoms with Crippen molar-refractivity contribution in [3.05, 3.63) is 45.8 Å². The van der Waals surface area contributed by atoms with Gasteiger partial charge in [0.05, 0.1) is 11.1 Å². The number of nitro groups is 1. The van der Waals surface area contributed by atoms with Crippen LogP contribution >= 0.6 is 0 Å². The molecule has 5 nitrogen and oxygen atoms in total.